The first kappa shape index (κ1) is 9.16. The standard InChI is InChI=1S/C7H8B2O3/c1-12-7-3-2-5(8)4-6(7)9(10)11/h2-4,10-11H,1H3. The van der Waals surface area contributed by atoms with Crippen LogP contribution in [0.4, 0.5) is 0 Å². The first-order chi connectivity index (χ1) is 5.65. The Labute approximate surface area is 72.5 Å². The fraction of sp³-hybridized carbons (Fsp3) is 0.143. The fourth-order valence-corrected chi connectivity index (χ4v) is 0.955. The highest BCUT2D eigenvalue weighted by molar-refractivity contribution is 6.60. The van der Waals surface area contributed by atoms with E-state index in [1.807, 2.05) is 0 Å². The maximum atomic E-state index is 8.88. The van der Waals surface area contributed by atoms with E-state index in [-0.39, 0.29) is 5.46 Å². The summed E-state index contributed by atoms with van der Waals surface area (Å²) in [5, 5.41) is 17.8. The van der Waals surface area contributed by atoms with Crippen molar-refractivity contribution in [3.8, 4) is 5.75 Å². The van der Waals surface area contributed by atoms with Crippen LogP contribution in [0, 0.1) is 0 Å². The van der Waals surface area contributed by atoms with E-state index in [4.69, 9.17) is 22.6 Å². The monoisotopic (exact) mass is 162 g/mol. The second kappa shape index (κ2) is 3.65. The topological polar surface area (TPSA) is 49.7 Å². The van der Waals surface area contributed by atoms with E-state index >= 15 is 0 Å². The third-order valence-corrected chi connectivity index (χ3v) is 1.53. The molecule has 60 valence electrons. The van der Waals surface area contributed by atoms with E-state index in [9.17, 15) is 0 Å². The third-order valence-electron chi connectivity index (χ3n) is 1.53. The van der Waals surface area contributed by atoms with Crippen LogP contribution >= 0.6 is 0 Å². The Bertz CT molecular complexity index is 275. The number of benzene rings is 1. The SMILES string of the molecule is [B]c1ccc(OC)c(B(O)O)c1. The van der Waals surface area contributed by atoms with Gasteiger partial charge >= 0.3 is 7.12 Å². The molecule has 1 rings (SSSR count). The van der Waals surface area contributed by atoms with Gasteiger partial charge in [-0.15, -0.1) is 0 Å². The molecule has 0 bridgehead atoms. The second-order valence-electron chi connectivity index (χ2n) is 2.38. The number of rotatable bonds is 2. The normalized spacial score (nSPS) is 9.58. The smallest absolute Gasteiger partial charge is 0.492 e. The van der Waals surface area contributed by atoms with E-state index in [1.165, 1.54) is 13.2 Å². The van der Waals surface area contributed by atoms with Crippen molar-refractivity contribution in [1.29, 1.82) is 0 Å². The van der Waals surface area contributed by atoms with Crippen molar-refractivity contribution in [2.45, 2.75) is 0 Å². The Balaban J connectivity index is 3.12. The van der Waals surface area contributed by atoms with Gasteiger partial charge in [0.15, 0.2) is 0 Å². The summed E-state index contributed by atoms with van der Waals surface area (Å²) < 4.78 is 4.89. The van der Waals surface area contributed by atoms with Gasteiger partial charge < -0.3 is 14.8 Å². The van der Waals surface area contributed by atoms with Crippen LogP contribution in [0.25, 0.3) is 0 Å². The van der Waals surface area contributed by atoms with Gasteiger partial charge in [-0.1, -0.05) is 17.6 Å². The lowest BCUT2D eigenvalue weighted by molar-refractivity contribution is 0.403. The molecule has 0 fully saturated rings. The zero-order valence-electron chi connectivity index (χ0n) is 6.69. The minimum atomic E-state index is -1.55. The molecule has 0 saturated carbocycles. The minimum absolute atomic E-state index is 0.275. The van der Waals surface area contributed by atoms with E-state index < -0.39 is 7.12 Å². The molecule has 1 aromatic rings. The molecule has 0 saturated heterocycles. The van der Waals surface area contributed by atoms with Crippen molar-refractivity contribution in [3.05, 3.63) is 18.2 Å². The maximum absolute atomic E-state index is 8.88. The van der Waals surface area contributed by atoms with E-state index in [1.54, 1.807) is 12.1 Å². The van der Waals surface area contributed by atoms with Gasteiger partial charge in [-0.05, 0) is 6.07 Å². The highest BCUT2D eigenvalue weighted by Crippen LogP contribution is 2.03. The summed E-state index contributed by atoms with van der Waals surface area (Å²) in [6.45, 7) is 0. The maximum Gasteiger partial charge on any atom is 0.492 e. The summed E-state index contributed by atoms with van der Waals surface area (Å²) in [4.78, 5) is 0. The fourth-order valence-electron chi connectivity index (χ4n) is 0.955. The summed E-state index contributed by atoms with van der Waals surface area (Å²) in [5.74, 6) is 0.416. The van der Waals surface area contributed by atoms with E-state index in [0.717, 1.165) is 0 Å². The molecular formula is C7H8B2O3. The lowest BCUT2D eigenvalue weighted by Crippen LogP contribution is -2.33. The van der Waals surface area contributed by atoms with Gasteiger partial charge in [0.1, 0.15) is 13.6 Å². The summed E-state index contributed by atoms with van der Waals surface area (Å²) in [6, 6.07) is 4.68. The van der Waals surface area contributed by atoms with Crippen LogP contribution in [0.15, 0.2) is 18.2 Å². The average Bonchev–Trinajstić information content (AvgIpc) is 2.04. The van der Waals surface area contributed by atoms with Crippen molar-refractivity contribution in [3.63, 3.8) is 0 Å². The Morgan fingerprint density at radius 1 is 1.42 bits per heavy atom. The largest absolute Gasteiger partial charge is 0.497 e. The quantitative estimate of drug-likeness (QED) is 0.502. The van der Waals surface area contributed by atoms with Crippen LogP contribution in [0.1, 0.15) is 0 Å². The van der Waals surface area contributed by atoms with Gasteiger partial charge in [0.2, 0.25) is 0 Å². The predicted molar refractivity (Wildman–Crippen MR) is 48.2 cm³/mol. The van der Waals surface area contributed by atoms with Crippen LogP contribution in [0.2, 0.25) is 0 Å². The zero-order valence-corrected chi connectivity index (χ0v) is 6.69. The van der Waals surface area contributed by atoms with Crippen molar-refractivity contribution in [1.82, 2.24) is 0 Å². The summed E-state index contributed by atoms with van der Waals surface area (Å²) >= 11 is 0. The van der Waals surface area contributed by atoms with Crippen molar-refractivity contribution < 1.29 is 14.8 Å². The number of methoxy groups -OCH3 is 1. The van der Waals surface area contributed by atoms with Gasteiger partial charge in [0.05, 0.1) is 7.11 Å². The Hall–Kier alpha value is -0.930. The van der Waals surface area contributed by atoms with Gasteiger partial charge in [-0.3, -0.25) is 0 Å². The van der Waals surface area contributed by atoms with E-state index in [0.29, 0.717) is 11.2 Å². The lowest BCUT2D eigenvalue weighted by atomic mass is 9.76. The molecule has 5 heteroatoms. The van der Waals surface area contributed by atoms with Crippen LogP contribution in [0.3, 0.4) is 0 Å². The third kappa shape index (κ3) is 1.81. The van der Waals surface area contributed by atoms with Crippen LogP contribution in [-0.2, 0) is 0 Å². The highest BCUT2D eigenvalue weighted by Gasteiger charge is 2.16. The number of hydrogen-bond acceptors (Lipinski definition) is 3. The van der Waals surface area contributed by atoms with Crippen LogP contribution in [-0.4, -0.2) is 32.1 Å². The van der Waals surface area contributed by atoms with Crippen LogP contribution < -0.4 is 15.7 Å². The molecule has 0 amide bonds. The molecule has 0 spiro atoms. The highest BCUT2D eigenvalue weighted by atomic mass is 16.5. The lowest BCUT2D eigenvalue weighted by Gasteiger charge is -2.07. The van der Waals surface area contributed by atoms with Crippen molar-refractivity contribution in [2.75, 3.05) is 7.11 Å². The molecule has 12 heavy (non-hydrogen) atoms. The van der Waals surface area contributed by atoms with Crippen LogP contribution in [0.5, 0.6) is 5.75 Å². The zero-order chi connectivity index (χ0) is 9.14. The molecule has 1 aromatic carbocycles. The van der Waals surface area contributed by atoms with Crippen molar-refractivity contribution >= 4 is 25.9 Å². The molecule has 0 aliphatic heterocycles. The van der Waals surface area contributed by atoms with Gasteiger partial charge in [-0.2, -0.15) is 0 Å². The number of ether oxygens (including phenoxy) is 1. The van der Waals surface area contributed by atoms with Gasteiger partial charge in [-0.25, -0.2) is 0 Å². The molecule has 3 nitrogen and oxygen atoms in total. The molecule has 0 atom stereocenters. The first-order valence-corrected chi connectivity index (χ1v) is 3.44. The molecule has 0 aliphatic carbocycles. The van der Waals surface area contributed by atoms with Crippen molar-refractivity contribution in [2.24, 2.45) is 0 Å². The minimum Gasteiger partial charge on any atom is -0.497 e. The molecule has 0 aliphatic rings. The molecule has 0 unspecified atom stereocenters. The summed E-state index contributed by atoms with van der Waals surface area (Å²) in [6.07, 6.45) is 0. The Morgan fingerprint density at radius 2 is 2.08 bits per heavy atom. The molecule has 2 N–H and O–H groups in total. The van der Waals surface area contributed by atoms with Gasteiger partial charge in [0, 0.05) is 5.46 Å². The molecule has 2 radical (unpaired) electrons. The van der Waals surface area contributed by atoms with Gasteiger partial charge in [0.25, 0.3) is 0 Å². The first-order valence-electron chi connectivity index (χ1n) is 3.44. The summed E-state index contributed by atoms with van der Waals surface area (Å²) in [5.41, 5.74) is 0.747. The van der Waals surface area contributed by atoms with E-state index in [2.05, 4.69) is 0 Å². The molecule has 0 aromatic heterocycles. The predicted octanol–water partition coefficient (Wildman–Crippen LogP) is -1.83. The average molecular weight is 162 g/mol. The summed E-state index contributed by atoms with van der Waals surface area (Å²) in [7, 11) is 5.35. The Kier molecular flexibility index (Phi) is 2.78. The Morgan fingerprint density at radius 3 is 2.58 bits per heavy atom. The number of hydrogen-bond donors (Lipinski definition) is 2. The molecule has 0 heterocycles. The second-order valence-corrected chi connectivity index (χ2v) is 2.38. The molecular weight excluding hydrogens is 154 g/mol.